The van der Waals surface area contributed by atoms with Crippen molar-refractivity contribution in [3.8, 4) is 0 Å². The molecular formula is C16H24O2. The van der Waals surface area contributed by atoms with Gasteiger partial charge < -0.3 is 5.11 Å². The monoisotopic (exact) mass is 248 g/mol. The van der Waals surface area contributed by atoms with Crippen LogP contribution in [0.3, 0.4) is 0 Å². The Kier molecular flexibility index (Phi) is 5.54. The van der Waals surface area contributed by atoms with Crippen molar-refractivity contribution in [1.29, 1.82) is 0 Å². The van der Waals surface area contributed by atoms with Gasteiger partial charge in [0.05, 0.1) is 12.0 Å². The molecule has 0 aliphatic carbocycles. The van der Waals surface area contributed by atoms with E-state index in [9.17, 15) is 9.90 Å². The zero-order chi connectivity index (χ0) is 13.7. The second kappa shape index (κ2) is 6.69. The number of benzene rings is 1. The van der Waals surface area contributed by atoms with Crippen LogP contribution in [0, 0.1) is 17.8 Å². The molecule has 18 heavy (non-hydrogen) atoms. The summed E-state index contributed by atoms with van der Waals surface area (Å²) in [6.07, 6.45) is -0.162. The first-order chi connectivity index (χ1) is 8.43. The van der Waals surface area contributed by atoms with Crippen molar-refractivity contribution < 1.29 is 9.90 Å². The summed E-state index contributed by atoms with van der Waals surface area (Å²) >= 11 is 0. The Hall–Kier alpha value is -1.15. The van der Waals surface area contributed by atoms with E-state index in [-0.39, 0.29) is 17.6 Å². The lowest BCUT2D eigenvalue weighted by atomic mass is 9.81. The Labute approximate surface area is 110 Å². The van der Waals surface area contributed by atoms with Crippen molar-refractivity contribution in [2.45, 2.75) is 40.2 Å². The van der Waals surface area contributed by atoms with Crippen molar-refractivity contribution in [2.75, 3.05) is 0 Å². The van der Waals surface area contributed by atoms with Gasteiger partial charge in [-0.15, -0.1) is 0 Å². The fourth-order valence-corrected chi connectivity index (χ4v) is 2.31. The third-order valence-electron chi connectivity index (χ3n) is 3.18. The van der Waals surface area contributed by atoms with Gasteiger partial charge in [0.2, 0.25) is 0 Å². The van der Waals surface area contributed by atoms with Crippen molar-refractivity contribution in [3.05, 3.63) is 35.9 Å². The first kappa shape index (κ1) is 14.9. The van der Waals surface area contributed by atoms with Gasteiger partial charge in [-0.25, -0.2) is 0 Å². The quantitative estimate of drug-likeness (QED) is 0.835. The van der Waals surface area contributed by atoms with Crippen LogP contribution in [0.2, 0.25) is 0 Å². The summed E-state index contributed by atoms with van der Waals surface area (Å²) in [7, 11) is 0. The van der Waals surface area contributed by atoms with E-state index >= 15 is 0 Å². The van der Waals surface area contributed by atoms with Gasteiger partial charge in [-0.1, -0.05) is 58.0 Å². The average molecular weight is 248 g/mol. The lowest BCUT2D eigenvalue weighted by molar-refractivity contribution is -0.129. The normalized spacial score (nSPS) is 14.8. The van der Waals surface area contributed by atoms with Crippen LogP contribution in [0.1, 0.15) is 45.8 Å². The second-order valence-electron chi connectivity index (χ2n) is 5.69. The smallest absolute Gasteiger partial charge is 0.139 e. The molecule has 0 saturated carbocycles. The van der Waals surface area contributed by atoms with Gasteiger partial charge in [0, 0.05) is 6.42 Å². The Morgan fingerprint density at radius 1 is 1.11 bits per heavy atom. The minimum atomic E-state index is -0.697. The number of aliphatic hydroxyl groups excluding tert-OH is 1. The molecule has 0 heterocycles. The van der Waals surface area contributed by atoms with Gasteiger partial charge in [0.25, 0.3) is 0 Å². The van der Waals surface area contributed by atoms with Crippen molar-refractivity contribution in [2.24, 2.45) is 17.8 Å². The highest BCUT2D eigenvalue weighted by Gasteiger charge is 2.30. The SMILES string of the molecule is CC(C)CC(=O)[C@H](C(C)C)C(O)c1ccccc1. The summed E-state index contributed by atoms with van der Waals surface area (Å²) in [5.41, 5.74) is 0.827. The van der Waals surface area contributed by atoms with E-state index in [0.29, 0.717) is 12.3 Å². The molecule has 0 amide bonds. The van der Waals surface area contributed by atoms with Crippen LogP contribution in [0.15, 0.2) is 30.3 Å². The van der Waals surface area contributed by atoms with Gasteiger partial charge in [-0.3, -0.25) is 4.79 Å². The third kappa shape index (κ3) is 3.95. The van der Waals surface area contributed by atoms with Crippen LogP contribution in [0.5, 0.6) is 0 Å². The van der Waals surface area contributed by atoms with Crippen molar-refractivity contribution >= 4 is 5.78 Å². The maximum absolute atomic E-state index is 12.2. The van der Waals surface area contributed by atoms with Gasteiger partial charge in [0.1, 0.15) is 5.78 Å². The number of carbonyl (C=O) groups is 1. The molecule has 2 atom stereocenters. The zero-order valence-electron chi connectivity index (χ0n) is 11.8. The van der Waals surface area contributed by atoms with E-state index in [4.69, 9.17) is 0 Å². The number of Topliss-reactive ketones (excluding diaryl/α,β-unsaturated/α-hetero) is 1. The summed E-state index contributed by atoms with van der Waals surface area (Å²) in [4.78, 5) is 12.2. The number of aliphatic hydroxyl groups is 1. The van der Waals surface area contributed by atoms with Gasteiger partial charge >= 0.3 is 0 Å². The molecular weight excluding hydrogens is 224 g/mol. The molecule has 1 rings (SSSR count). The fourth-order valence-electron chi connectivity index (χ4n) is 2.31. The molecule has 0 aliphatic heterocycles. The lowest BCUT2D eigenvalue weighted by Gasteiger charge is -2.26. The van der Waals surface area contributed by atoms with Crippen LogP contribution in [0.25, 0.3) is 0 Å². The molecule has 0 radical (unpaired) electrons. The Morgan fingerprint density at radius 2 is 1.67 bits per heavy atom. The lowest BCUT2D eigenvalue weighted by Crippen LogP contribution is -2.28. The minimum absolute atomic E-state index is 0.145. The highest BCUT2D eigenvalue weighted by Crippen LogP contribution is 2.30. The van der Waals surface area contributed by atoms with Crippen LogP contribution in [-0.2, 0) is 4.79 Å². The van der Waals surface area contributed by atoms with Gasteiger partial charge in [-0.05, 0) is 17.4 Å². The molecule has 0 aromatic heterocycles. The summed E-state index contributed by atoms with van der Waals surface area (Å²) in [6, 6.07) is 9.45. The Bertz CT molecular complexity index is 368. The van der Waals surface area contributed by atoms with E-state index in [0.717, 1.165) is 5.56 Å². The molecule has 1 N–H and O–H groups in total. The molecule has 0 aliphatic rings. The molecule has 0 spiro atoms. The van der Waals surface area contributed by atoms with Crippen LogP contribution in [-0.4, -0.2) is 10.9 Å². The summed E-state index contributed by atoms with van der Waals surface area (Å²) < 4.78 is 0. The summed E-state index contributed by atoms with van der Waals surface area (Å²) in [5, 5.41) is 10.4. The minimum Gasteiger partial charge on any atom is -0.388 e. The molecule has 1 aromatic carbocycles. The molecule has 0 bridgehead atoms. The molecule has 1 unspecified atom stereocenters. The number of hydrogen-bond donors (Lipinski definition) is 1. The fraction of sp³-hybridized carbons (Fsp3) is 0.562. The molecule has 0 saturated heterocycles. The summed E-state index contributed by atoms with van der Waals surface area (Å²) in [6.45, 7) is 8.05. The number of hydrogen-bond acceptors (Lipinski definition) is 2. The number of rotatable bonds is 6. The predicted octanol–water partition coefficient (Wildman–Crippen LogP) is 3.61. The highest BCUT2D eigenvalue weighted by atomic mass is 16.3. The first-order valence-electron chi connectivity index (χ1n) is 6.69. The van der Waals surface area contributed by atoms with Crippen LogP contribution < -0.4 is 0 Å². The predicted molar refractivity (Wildman–Crippen MR) is 74.2 cm³/mol. The highest BCUT2D eigenvalue weighted by molar-refractivity contribution is 5.82. The van der Waals surface area contributed by atoms with Crippen LogP contribution >= 0.6 is 0 Å². The van der Waals surface area contributed by atoms with E-state index in [1.54, 1.807) is 0 Å². The standard InChI is InChI=1S/C16H24O2/c1-11(2)10-14(17)15(12(3)4)16(18)13-8-6-5-7-9-13/h5-9,11-12,15-16,18H,10H2,1-4H3/t15-,16?/m0/s1. The molecule has 1 aromatic rings. The largest absolute Gasteiger partial charge is 0.388 e. The van der Waals surface area contributed by atoms with E-state index < -0.39 is 6.10 Å². The average Bonchev–Trinajstić information content (AvgIpc) is 2.28. The Morgan fingerprint density at radius 3 is 2.11 bits per heavy atom. The maximum Gasteiger partial charge on any atom is 0.139 e. The van der Waals surface area contributed by atoms with Crippen molar-refractivity contribution in [3.63, 3.8) is 0 Å². The zero-order valence-corrected chi connectivity index (χ0v) is 11.8. The molecule has 100 valence electrons. The van der Waals surface area contributed by atoms with Crippen LogP contribution in [0.4, 0.5) is 0 Å². The molecule has 2 nitrogen and oxygen atoms in total. The van der Waals surface area contributed by atoms with E-state index in [1.807, 2.05) is 58.0 Å². The molecule has 0 fully saturated rings. The van der Waals surface area contributed by atoms with E-state index in [2.05, 4.69) is 0 Å². The third-order valence-corrected chi connectivity index (χ3v) is 3.18. The van der Waals surface area contributed by atoms with Crippen molar-refractivity contribution in [1.82, 2.24) is 0 Å². The van der Waals surface area contributed by atoms with Gasteiger partial charge in [0.15, 0.2) is 0 Å². The Balaban J connectivity index is 2.89. The number of ketones is 1. The number of carbonyl (C=O) groups excluding carboxylic acids is 1. The molecule has 2 heteroatoms. The maximum atomic E-state index is 12.2. The van der Waals surface area contributed by atoms with E-state index in [1.165, 1.54) is 0 Å². The van der Waals surface area contributed by atoms with Gasteiger partial charge in [-0.2, -0.15) is 0 Å². The first-order valence-corrected chi connectivity index (χ1v) is 6.69. The summed E-state index contributed by atoms with van der Waals surface area (Å²) in [5.74, 6) is 0.333. The second-order valence-corrected chi connectivity index (χ2v) is 5.69. The topological polar surface area (TPSA) is 37.3 Å².